The standard InChI is InChI=1S/C10H10N2O2S/c1-14-10(13)7-2-3-12-8(6-15)5-11-9(12)4-7/h2-5,15H,6H2,1H3. The summed E-state index contributed by atoms with van der Waals surface area (Å²) in [5, 5.41) is 0. The summed E-state index contributed by atoms with van der Waals surface area (Å²) in [7, 11) is 1.36. The summed E-state index contributed by atoms with van der Waals surface area (Å²) in [6, 6.07) is 3.40. The van der Waals surface area contributed by atoms with Crippen LogP contribution >= 0.6 is 12.6 Å². The molecular weight excluding hydrogens is 212 g/mol. The predicted molar refractivity (Wildman–Crippen MR) is 59.2 cm³/mol. The third-order valence-electron chi connectivity index (χ3n) is 2.17. The largest absolute Gasteiger partial charge is 0.465 e. The number of hydrogen-bond donors (Lipinski definition) is 1. The van der Waals surface area contributed by atoms with E-state index in [4.69, 9.17) is 0 Å². The molecule has 0 saturated heterocycles. The zero-order chi connectivity index (χ0) is 10.8. The summed E-state index contributed by atoms with van der Waals surface area (Å²) >= 11 is 4.18. The van der Waals surface area contributed by atoms with Crippen molar-refractivity contribution in [2.75, 3.05) is 7.11 Å². The lowest BCUT2D eigenvalue weighted by atomic mass is 10.3. The molecule has 2 aromatic heterocycles. The van der Waals surface area contributed by atoms with E-state index in [9.17, 15) is 4.79 Å². The second kappa shape index (κ2) is 3.94. The van der Waals surface area contributed by atoms with Crippen LogP contribution in [0.2, 0.25) is 0 Å². The second-order valence-electron chi connectivity index (χ2n) is 3.04. The van der Waals surface area contributed by atoms with Crippen molar-refractivity contribution in [3.05, 3.63) is 35.8 Å². The van der Waals surface area contributed by atoms with Crippen molar-refractivity contribution in [3.8, 4) is 0 Å². The van der Waals surface area contributed by atoms with Gasteiger partial charge in [0.2, 0.25) is 0 Å². The zero-order valence-corrected chi connectivity index (χ0v) is 9.07. The minimum absolute atomic E-state index is 0.354. The van der Waals surface area contributed by atoms with E-state index in [0.29, 0.717) is 11.3 Å². The van der Waals surface area contributed by atoms with E-state index in [1.54, 1.807) is 24.5 Å². The number of pyridine rings is 1. The van der Waals surface area contributed by atoms with E-state index in [-0.39, 0.29) is 5.97 Å². The smallest absolute Gasteiger partial charge is 0.338 e. The number of ether oxygens (including phenoxy) is 1. The summed E-state index contributed by atoms with van der Waals surface area (Å²) < 4.78 is 6.52. The van der Waals surface area contributed by atoms with Crippen LogP contribution in [-0.2, 0) is 10.5 Å². The summed E-state index contributed by atoms with van der Waals surface area (Å²) in [5.74, 6) is 0.256. The molecule has 2 heterocycles. The Kier molecular flexibility index (Phi) is 2.64. The van der Waals surface area contributed by atoms with Crippen LogP contribution in [0.15, 0.2) is 24.5 Å². The van der Waals surface area contributed by atoms with E-state index in [1.807, 2.05) is 4.40 Å². The lowest BCUT2D eigenvalue weighted by Gasteiger charge is -2.01. The lowest BCUT2D eigenvalue weighted by molar-refractivity contribution is 0.0600. The van der Waals surface area contributed by atoms with Gasteiger partial charge in [0.05, 0.1) is 24.6 Å². The van der Waals surface area contributed by atoms with Crippen LogP contribution in [0.3, 0.4) is 0 Å². The van der Waals surface area contributed by atoms with E-state index in [2.05, 4.69) is 22.3 Å². The fourth-order valence-electron chi connectivity index (χ4n) is 1.39. The number of thiol groups is 1. The Morgan fingerprint density at radius 3 is 3.13 bits per heavy atom. The van der Waals surface area contributed by atoms with Crippen LogP contribution < -0.4 is 0 Å². The van der Waals surface area contributed by atoms with Crippen molar-refractivity contribution < 1.29 is 9.53 Å². The van der Waals surface area contributed by atoms with Gasteiger partial charge in [0.15, 0.2) is 0 Å². The third-order valence-corrected chi connectivity index (χ3v) is 2.50. The number of esters is 1. The third kappa shape index (κ3) is 1.70. The van der Waals surface area contributed by atoms with Crippen molar-refractivity contribution in [3.63, 3.8) is 0 Å². The van der Waals surface area contributed by atoms with Crippen LogP contribution in [0.1, 0.15) is 16.1 Å². The molecule has 2 rings (SSSR count). The average Bonchev–Trinajstić information content (AvgIpc) is 2.69. The summed E-state index contributed by atoms with van der Waals surface area (Å²) in [4.78, 5) is 15.4. The van der Waals surface area contributed by atoms with Crippen LogP contribution in [0.4, 0.5) is 0 Å². The molecule has 0 radical (unpaired) electrons. The monoisotopic (exact) mass is 222 g/mol. The molecule has 0 saturated carbocycles. The minimum atomic E-state index is -0.354. The molecule has 0 fully saturated rings. The number of methoxy groups -OCH3 is 1. The van der Waals surface area contributed by atoms with Gasteiger partial charge in [0.1, 0.15) is 5.65 Å². The molecule has 78 valence electrons. The zero-order valence-electron chi connectivity index (χ0n) is 8.17. The van der Waals surface area contributed by atoms with E-state index < -0.39 is 0 Å². The number of rotatable bonds is 2. The molecule has 0 amide bonds. The number of hydrogen-bond acceptors (Lipinski definition) is 4. The molecule has 2 aromatic rings. The fraction of sp³-hybridized carbons (Fsp3) is 0.200. The summed E-state index contributed by atoms with van der Waals surface area (Å²) in [6.45, 7) is 0. The van der Waals surface area contributed by atoms with E-state index >= 15 is 0 Å². The number of fused-ring (bicyclic) bond motifs is 1. The number of imidazole rings is 1. The van der Waals surface area contributed by atoms with E-state index in [1.165, 1.54) is 7.11 Å². The first-order chi connectivity index (χ1) is 7.26. The molecule has 0 aliphatic rings. The first-order valence-electron chi connectivity index (χ1n) is 4.41. The molecule has 0 aliphatic heterocycles. The number of carbonyl (C=O) groups excluding carboxylic acids is 1. The fourth-order valence-corrected chi connectivity index (χ4v) is 1.63. The summed E-state index contributed by atoms with van der Waals surface area (Å²) in [5.41, 5.74) is 2.22. The van der Waals surface area contributed by atoms with Gasteiger partial charge in [-0.2, -0.15) is 12.6 Å². The Morgan fingerprint density at radius 2 is 2.47 bits per heavy atom. The quantitative estimate of drug-likeness (QED) is 0.619. The van der Waals surface area contributed by atoms with Crippen LogP contribution in [0.25, 0.3) is 5.65 Å². The maximum absolute atomic E-state index is 11.3. The molecule has 0 unspecified atom stereocenters. The van der Waals surface area contributed by atoms with Crippen molar-refractivity contribution in [1.29, 1.82) is 0 Å². The SMILES string of the molecule is COC(=O)c1ccn2c(CS)cnc2c1. The molecule has 0 aliphatic carbocycles. The van der Waals surface area contributed by atoms with Crippen molar-refractivity contribution in [1.82, 2.24) is 9.38 Å². The highest BCUT2D eigenvalue weighted by Crippen LogP contribution is 2.11. The average molecular weight is 222 g/mol. The van der Waals surface area contributed by atoms with E-state index in [0.717, 1.165) is 11.3 Å². The Morgan fingerprint density at radius 1 is 1.67 bits per heavy atom. The van der Waals surface area contributed by atoms with Gasteiger partial charge in [-0.1, -0.05) is 0 Å². The predicted octanol–water partition coefficient (Wildman–Crippen LogP) is 1.55. The molecule has 0 N–H and O–H groups in total. The molecule has 0 atom stereocenters. The van der Waals surface area contributed by atoms with Crippen LogP contribution in [0, 0.1) is 0 Å². The van der Waals surface area contributed by atoms with Gasteiger partial charge in [0, 0.05) is 11.9 Å². The second-order valence-corrected chi connectivity index (χ2v) is 3.36. The number of aromatic nitrogens is 2. The summed E-state index contributed by atoms with van der Waals surface area (Å²) in [6.07, 6.45) is 3.53. The van der Waals surface area contributed by atoms with Crippen molar-refractivity contribution in [2.24, 2.45) is 0 Å². The highest BCUT2D eigenvalue weighted by atomic mass is 32.1. The number of carbonyl (C=O) groups is 1. The first kappa shape index (κ1) is 10.0. The Bertz CT molecular complexity index is 507. The first-order valence-corrected chi connectivity index (χ1v) is 5.04. The van der Waals surface area contributed by atoms with Gasteiger partial charge in [-0.15, -0.1) is 0 Å². The lowest BCUT2D eigenvalue weighted by Crippen LogP contribution is -2.02. The number of nitrogens with zero attached hydrogens (tertiary/aromatic N) is 2. The van der Waals surface area contributed by atoms with Crippen LogP contribution in [-0.4, -0.2) is 22.5 Å². The minimum Gasteiger partial charge on any atom is -0.465 e. The molecule has 0 spiro atoms. The Hall–Kier alpha value is -1.49. The Balaban J connectivity index is 2.53. The molecule has 5 heteroatoms. The normalized spacial score (nSPS) is 10.5. The molecule has 4 nitrogen and oxygen atoms in total. The highest BCUT2D eigenvalue weighted by molar-refractivity contribution is 7.79. The maximum atomic E-state index is 11.3. The topological polar surface area (TPSA) is 43.6 Å². The van der Waals surface area contributed by atoms with Gasteiger partial charge in [-0.05, 0) is 12.1 Å². The van der Waals surface area contributed by atoms with Crippen LogP contribution in [0.5, 0.6) is 0 Å². The molecular formula is C10H10N2O2S. The van der Waals surface area contributed by atoms with Gasteiger partial charge in [-0.25, -0.2) is 9.78 Å². The Labute approximate surface area is 92.3 Å². The highest BCUT2D eigenvalue weighted by Gasteiger charge is 2.08. The van der Waals surface area contributed by atoms with Gasteiger partial charge in [0.25, 0.3) is 0 Å². The maximum Gasteiger partial charge on any atom is 0.338 e. The van der Waals surface area contributed by atoms with Crippen molar-refractivity contribution in [2.45, 2.75) is 5.75 Å². The van der Waals surface area contributed by atoms with Gasteiger partial charge >= 0.3 is 5.97 Å². The molecule has 0 bridgehead atoms. The molecule has 15 heavy (non-hydrogen) atoms. The molecule has 0 aromatic carbocycles. The van der Waals surface area contributed by atoms with Gasteiger partial charge in [-0.3, -0.25) is 0 Å². The van der Waals surface area contributed by atoms with Gasteiger partial charge < -0.3 is 9.14 Å². The van der Waals surface area contributed by atoms with Crippen molar-refractivity contribution >= 4 is 24.2 Å².